The molecule has 12 heteroatoms. The minimum absolute atomic E-state index is 0. The predicted octanol–water partition coefficient (Wildman–Crippen LogP) is 12.0. The number of hydrogen-bond donors (Lipinski definition) is 0. The molecule has 0 aliphatic rings. The summed E-state index contributed by atoms with van der Waals surface area (Å²) >= 11 is 0. The first-order chi connectivity index (χ1) is 31.7. The zero-order valence-corrected chi connectivity index (χ0v) is 39.0. The standard InChI is InChI=1S/C54H32N8O2.2Pt/c1-3-11-37(12-4-1)39-23-27-55-51(31-39)61-49-35-45(63-43-17-7-15-41(33-43)59-29-9-25-57-59)19-21-47(49)54-53(61)48-22-20-46(64-44-18-8-16-42(34-44)60-30-10-26-58-60)36-50(48)62(54)52-32-40(24-28-56-52)38-13-5-2-6-14-38;;/h1-32H;;/q-4;2*+2. The molecule has 0 radical (unpaired) electrons. The van der Waals surface area contributed by atoms with Crippen LogP contribution >= 0.6 is 0 Å². The first-order valence-electron chi connectivity index (χ1n) is 20.6. The van der Waals surface area contributed by atoms with E-state index in [1.165, 1.54) is 0 Å². The quantitative estimate of drug-likeness (QED) is 0.127. The molecule has 0 N–H and O–H groups in total. The largest absolute Gasteiger partial charge is 2.00 e. The van der Waals surface area contributed by atoms with Gasteiger partial charge in [-0.05, 0) is 70.0 Å². The van der Waals surface area contributed by atoms with E-state index in [0.717, 1.165) is 66.5 Å². The van der Waals surface area contributed by atoms with E-state index < -0.39 is 0 Å². The number of fused-ring (bicyclic) bond motifs is 5. The number of aromatic nitrogens is 8. The molecule has 10 nitrogen and oxygen atoms in total. The van der Waals surface area contributed by atoms with Gasteiger partial charge in [-0.25, -0.2) is 9.97 Å². The van der Waals surface area contributed by atoms with Crippen molar-refractivity contribution in [2.24, 2.45) is 0 Å². The Bertz CT molecular complexity index is 3390. The van der Waals surface area contributed by atoms with E-state index in [1.807, 2.05) is 134 Å². The van der Waals surface area contributed by atoms with Gasteiger partial charge in [0.2, 0.25) is 0 Å². The number of hydrogen-bond acceptors (Lipinski definition) is 6. The minimum atomic E-state index is 0. The molecule has 0 saturated heterocycles. The molecule has 66 heavy (non-hydrogen) atoms. The molecule has 6 aromatic carbocycles. The van der Waals surface area contributed by atoms with Gasteiger partial charge >= 0.3 is 42.1 Å². The zero-order chi connectivity index (χ0) is 42.4. The number of ether oxygens (including phenoxy) is 2. The number of pyridine rings is 2. The van der Waals surface area contributed by atoms with Crippen molar-refractivity contribution in [2.45, 2.75) is 0 Å². The number of rotatable bonds is 10. The molecule has 0 saturated carbocycles. The molecule has 6 aromatic heterocycles. The molecule has 0 bridgehead atoms. The van der Waals surface area contributed by atoms with E-state index in [9.17, 15) is 0 Å². The van der Waals surface area contributed by atoms with E-state index >= 15 is 0 Å². The second kappa shape index (κ2) is 18.1. The Morgan fingerprint density at radius 2 is 0.818 bits per heavy atom. The second-order valence-corrected chi connectivity index (χ2v) is 15.0. The summed E-state index contributed by atoms with van der Waals surface area (Å²) < 4.78 is 20.8. The molecular formula is C54H32N8O2Pt2. The molecule has 0 spiro atoms. The van der Waals surface area contributed by atoms with Crippen LogP contribution in [0.5, 0.6) is 23.0 Å². The van der Waals surface area contributed by atoms with Gasteiger partial charge in [0, 0.05) is 71.2 Å². The Labute approximate surface area is 407 Å². The summed E-state index contributed by atoms with van der Waals surface area (Å²) in [5.74, 6) is 3.49. The van der Waals surface area contributed by atoms with Crippen LogP contribution in [-0.2, 0) is 42.1 Å². The van der Waals surface area contributed by atoms with Crippen molar-refractivity contribution < 1.29 is 51.6 Å². The maximum Gasteiger partial charge on any atom is 2.00 e. The van der Waals surface area contributed by atoms with Crippen LogP contribution in [0.1, 0.15) is 0 Å². The van der Waals surface area contributed by atoms with Gasteiger partial charge in [-0.15, -0.1) is 60.7 Å². The van der Waals surface area contributed by atoms with Gasteiger partial charge in [0.1, 0.15) is 11.6 Å². The van der Waals surface area contributed by atoms with E-state index in [0.29, 0.717) is 34.6 Å². The topological polar surface area (TPSA) is 89.7 Å². The fourth-order valence-electron chi connectivity index (χ4n) is 8.19. The molecule has 0 atom stereocenters. The van der Waals surface area contributed by atoms with Crippen LogP contribution in [0.2, 0.25) is 0 Å². The third-order valence-electron chi connectivity index (χ3n) is 11.0. The average Bonchev–Trinajstić information content (AvgIpc) is 4.19. The van der Waals surface area contributed by atoms with Crippen LogP contribution in [0.15, 0.2) is 195 Å². The second-order valence-electron chi connectivity index (χ2n) is 15.0. The predicted molar refractivity (Wildman–Crippen MR) is 247 cm³/mol. The molecule has 320 valence electrons. The minimum Gasteiger partial charge on any atom is -0.509 e. The monoisotopic (exact) mass is 1210 g/mol. The normalized spacial score (nSPS) is 11.1. The number of nitrogens with zero attached hydrogens (tertiary/aromatic N) is 8. The Balaban J connectivity index is 0.00000256. The molecule has 0 amide bonds. The van der Waals surface area contributed by atoms with Gasteiger partial charge in [-0.1, -0.05) is 82.5 Å². The maximum atomic E-state index is 6.52. The summed E-state index contributed by atoms with van der Waals surface area (Å²) in [5.41, 5.74) is 9.04. The molecule has 0 fully saturated rings. The fraction of sp³-hybridized carbons (Fsp3) is 0. The molecule has 6 heterocycles. The van der Waals surface area contributed by atoms with Gasteiger partial charge in [0.25, 0.3) is 0 Å². The van der Waals surface area contributed by atoms with Crippen molar-refractivity contribution in [3.8, 4) is 68.3 Å². The molecule has 0 aliphatic heterocycles. The third kappa shape index (κ3) is 7.85. The first kappa shape index (κ1) is 42.3. The summed E-state index contributed by atoms with van der Waals surface area (Å²) in [4.78, 5) is 10.0. The summed E-state index contributed by atoms with van der Waals surface area (Å²) in [7, 11) is 0. The van der Waals surface area contributed by atoms with Crippen molar-refractivity contribution in [2.75, 3.05) is 0 Å². The van der Waals surface area contributed by atoms with E-state index in [-0.39, 0.29) is 42.1 Å². The van der Waals surface area contributed by atoms with Crippen molar-refractivity contribution in [1.29, 1.82) is 0 Å². The van der Waals surface area contributed by atoms with Crippen molar-refractivity contribution in [3.63, 3.8) is 0 Å². The molecule has 0 aliphatic carbocycles. The Morgan fingerprint density at radius 3 is 1.24 bits per heavy atom. The summed E-state index contributed by atoms with van der Waals surface area (Å²) in [5, 5.41) is 10.6. The van der Waals surface area contributed by atoms with Crippen LogP contribution in [0, 0.1) is 24.3 Å². The first-order valence-corrected chi connectivity index (χ1v) is 20.6. The van der Waals surface area contributed by atoms with Crippen LogP contribution in [0.3, 0.4) is 0 Å². The Morgan fingerprint density at radius 1 is 0.379 bits per heavy atom. The van der Waals surface area contributed by atoms with Crippen molar-refractivity contribution in [3.05, 3.63) is 219 Å². The van der Waals surface area contributed by atoms with Gasteiger partial charge in [0.15, 0.2) is 0 Å². The summed E-state index contributed by atoms with van der Waals surface area (Å²) in [6.07, 6.45) is 10.9. The number of benzene rings is 6. The zero-order valence-electron chi connectivity index (χ0n) is 34.5. The fourth-order valence-corrected chi connectivity index (χ4v) is 8.19. The molecule has 12 aromatic rings. The van der Waals surface area contributed by atoms with Crippen LogP contribution in [0.25, 0.3) is 78.1 Å². The Hall–Kier alpha value is -7.64. The van der Waals surface area contributed by atoms with Crippen molar-refractivity contribution >= 4 is 32.8 Å². The summed E-state index contributed by atoms with van der Waals surface area (Å²) in [6.45, 7) is 0. The van der Waals surface area contributed by atoms with Gasteiger partial charge in [-0.3, -0.25) is 9.36 Å². The molecular weight excluding hydrogens is 1180 g/mol. The van der Waals surface area contributed by atoms with E-state index in [4.69, 9.17) is 19.4 Å². The van der Waals surface area contributed by atoms with Gasteiger partial charge < -0.3 is 18.6 Å². The average molecular weight is 1220 g/mol. The molecule has 12 rings (SSSR count). The van der Waals surface area contributed by atoms with Crippen LogP contribution < -0.4 is 9.47 Å². The van der Waals surface area contributed by atoms with Crippen LogP contribution in [-0.4, -0.2) is 38.7 Å². The summed E-state index contributed by atoms with van der Waals surface area (Å²) in [6, 6.07) is 66.1. The third-order valence-corrected chi connectivity index (χ3v) is 11.0. The van der Waals surface area contributed by atoms with E-state index in [1.54, 1.807) is 21.8 Å². The van der Waals surface area contributed by atoms with Crippen molar-refractivity contribution in [1.82, 2.24) is 38.7 Å². The van der Waals surface area contributed by atoms with Gasteiger partial charge in [0.05, 0.1) is 0 Å². The maximum absolute atomic E-state index is 6.52. The molecule has 0 unspecified atom stereocenters. The smallest absolute Gasteiger partial charge is 0.509 e. The van der Waals surface area contributed by atoms with Crippen LogP contribution in [0.4, 0.5) is 0 Å². The Kier molecular flexibility index (Phi) is 11.6. The van der Waals surface area contributed by atoms with Gasteiger partial charge in [-0.2, -0.15) is 34.5 Å². The SMILES string of the molecule is [Pt+2].[Pt+2].[c-]1c(Oc2[c-]c3c(cc2)c2c(c4ccc(Oc5[c-]c(-n6cccn6)ccc5)[c-]c4n2-c2cc(-c4ccccc4)ccn2)n3-c2cc(-c3ccccc3)ccn2)cccc1-n1cccn1. The van der Waals surface area contributed by atoms with E-state index in [2.05, 4.69) is 92.1 Å².